The van der Waals surface area contributed by atoms with Crippen molar-refractivity contribution in [1.29, 1.82) is 0 Å². The zero-order valence-electron chi connectivity index (χ0n) is 15.9. The molecule has 2 aromatic rings. The number of nitrogens with zero attached hydrogens (tertiary/aromatic N) is 2. The number of aryl methyl sites for hydroxylation is 2. The first-order valence-electron chi connectivity index (χ1n) is 8.71. The first-order chi connectivity index (χ1) is 12.2. The van der Waals surface area contributed by atoms with Crippen molar-refractivity contribution in [3.63, 3.8) is 0 Å². The van der Waals surface area contributed by atoms with Crippen LogP contribution in [0.25, 0.3) is 0 Å². The Labute approximate surface area is 172 Å². The second kappa shape index (κ2) is 11.9. The van der Waals surface area contributed by atoms with Gasteiger partial charge in [0.1, 0.15) is 5.76 Å². The molecule has 7 heteroatoms. The molecule has 0 bridgehead atoms. The molecule has 0 spiro atoms. The molecule has 0 aliphatic rings. The van der Waals surface area contributed by atoms with Gasteiger partial charge >= 0.3 is 0 Å². The van der Waals surface area contributed by atoms with E-state index in [0.717, 1.165) is 41.4 Å². The van der Waals surface area contributed by atoms with Crippen LogP contribution in [0.4, 0.5) is 0 Å². The van der Waals surface area contributed by atoms with Gasteiger partial charge in [-0.15, -0.1) is 24.0 Å². The van der Waals surface area contributed by atoms with Gasteiger partial charge in [0.15, 0.2) is 5.96 Å². The molecule has 2 N–H and O–H groups in total. The molecule has 0 aliphatic carbocycles. The average Bonchev–Trinajstić information content (AvgIpc) is 3.07. The maximum absolute atomic E-state index is 5.58. The maximum atomic E-state index is 5.58. The zero-order valence-corrected chi connectivity index (χ0v) is 18.2. The summed E-state index contributed by atoms with van der Waals surface area (Å²) in [5, 5.41) is 10.8. The molecule has 2 rings (SSSR count). The van der Waals surface area contributed by atoms with E-state index in [1.54, 1.807) is 14.2 Å². The summed E-state index contributed by atoms with van der Waals surface area (Å²) in [4.78, 5) is 4.29. The van der Waals surface area contributed by atoms with E-state index in [9.17, 15) is 0 Å². The fraction of sp³-hybridized carbons (Fsp3) is 0.474. The smallest absolute Gasteiger partial charge is 0.191 e. The third kappa shape index (κ3) is 5.98. The average molecular weight is 472 g/mol. The number of benzene rings is 1. The Morgan fingerprint density at radius 3 is 2.50 bits per heavy atom. The van der Waals surface area contributed by atoms with E-state index >= 15 is 0 Å². The number of aliphatic imine (C=N–C) groups is 1. The van der Waals surface area contributed by atoms with Crippen LogP contribution < -0.4 is 10.6 Å². The number of nitrogens with one attached hydrogen (secondary N) is 2. The van der Waals surface area contributed by atoms with Crippen molar-refractivity contribution >= 4 is 29.9 Å². The standard InChI is InChI=1S/C19H28N4O2.HI/c1-5-16-15(17(6-2)25-23-16)12-21-19(20-3)22-13-18(24-4)14-10-8-7-9-11-14;/h7-11,18H,5-6,12-13H2,1-4H3,(H2,20,21,22);1H. The Balaban J connectivity index is 0.00000338. The summed E-state index contributed by atoms with van der Waals surface area (Å²) in [7, 11) is 3.47. The summed E-state index contributed by atoms with van der Waals surface area (Å²) in [6, 6.07) is 10.1. The molecular weight excluding hydrogens is 443 g/mol. The summed E-state index contributed by atoms with van der Waals surface area (Å²) in [6.45, 7) is 5.42. The van der Waals surface area contributed by atoms with Crippen LogP contribution in [0.3, 0.4) is 0 Å². The van der Waals surface area contributed by atoms with Crippen LogP contribution in [-0.2, 0) is 24.1 Å². The molecule has 144 valence electrons. The van der Waals surface area contributed by atoms with Gasteiger partial charge in [-0.05, 0) is 12.0 Å². The second-order valence-electron chi connectivity index (χ2n) is 5.68. The Hall–Kier alpha value is -1.61. The maximum Gasteiger partial charge on any atom is 0.191 e. The molecule has 1 heterocycles. The molecule has 0 aliphatic heterocycles. The molecular formula is C19H29IN4O2. The van der Waals surface area contributed by atoms with Crippen LogP contribution in [0.1, 0.15) is 42.5 Å². The van der Waals surface area contributed by atoms with E-state index in [4.69, 9.17) is 9.26 Å². The topological polar surface area (TPSA) is 71.7 Å². The van der Waals surface area contributed by atoms with Gasteiger partial charge in [-0.2, -0.15) is 0 Å². The van der Waals surface area contributed by atoms with Crippen molar-refractivity contribution < 1.29 is 9.26 Å². The van der Waals surface area contributed by atoms with Gasteiger partial charge < -0.3 is 19.9 Å². The molecule has 0 saturated heterocycles. The quantitative estimate of drug-likeness (QED) is 0.350. The Morgan fingerprint density at radius 2 is 1.92 bits per heavy atom. The minimum Gasteiger partial charge on any atom is -0.375 e. The van der Waals surface area contributed by atoms with Crippen molar-refractivity contribution in [2.24, 2.45) is 4.99 Å². The summed E-state index contributed by atoms with van der Waals surface area (Å²) >= 11 is 0. The van der Waals surface area contributed by atoms with E-state index in [1.165, 1.54) is 0 Å². The van der Waals surface area contributed by atoms with Crippen LogP contribution in [0.15, 0.2) is 39.8 Å². The zero-order chi connectivity index (χ0) is 18.1. The lowest BCUT2D eigenvalue weighted by Gasteiger charge is -2.18. The van der Waals surface area contributed by atoms with Gasteiger partial charge in [0.2, 0.25) is 0 Å². The molecule has 6 nitrogen and oxygen atoms in total. The highest BCUT2D eigenvalue weighted by Crippen LogP contribution is 2.16. The largest absolute Gasteiger partial charge is 0.375 e. The predicted molar refractivity (Wildman–Crippen MR) is 115 cm³/mol. The molecule has 1 unspecified atom stereocenters. The number of halogens is 1. The second-order valence-corrected chi connectivity index (χ2v) is 5.68. The van der Waals surface area contributed by atoms with Crippen molar-refractivity contribution in [2.45, 2.75) is 39.3 Å². The molecule has 1 atom stereocenters. The van der Waals surface area contributed by atoms with Crippen LogP contribution in [0.5, 0.6) is 0 Å². The number of ether oxygens (including phenoxy) is 1. The molecule has 0 amide bonds. The highest BCUT2D eigenvalue weighted by molar-refractivity contribution is 14.0. The fourth-order valence-electron chi connectivity index (χ4n) is 2.72. The van der Waals surface area contributed by atoms with Crippen LogP contribution in [-0.4, -0.2) is 31.8 Å². The third-order valence-electron chi connectivity index (χ3n) is 4.17. The van der Waals surface area contributed by atoms with Crippen molar-refractivity contribution in [3.8, 4) is 0 Å². The van der Waals surface area contributed by atoms with Crippen molar-refractivity contribution in [3.05, 3.63) is 52.9 Å². The Morgan fingerprint density at radius 1 is 1.19 bits per heavy atom. The minimum atomic E-state index is -0.0345. The molecule has 26 heavy (non-hydrogen) atoms. The number of hydrogen-bond donors (Lipinski definition) is 2. The molecule has 0 radical (unpaired) electrons. The first kappa shape index (κ1) is 22.4. The van der Waals surface area contributed by atoms with Gasteiger partial charge in [-0.25, -0.2) is 0 Å². The molecule has 1 aromatic carbocycles. The highest BCUT2D eigenvalue weighted by atomic mass is 127. The van der Waals surface area contributed by atoms with Crippen LogP contribution in [0.2, 0.25) is 0 Å². The van der Waals surface area contributed by atoms with E-state index in [1.807, 2.05) is 18.2 Å². The van der Waals surface area contributed by atoms with Crippen LogP contribution >= 0.6 is 24.0 Å². The number of rotatable bonds is 8. The number of aromatic nitrogens is 1. The van der Waals surface area contributed by atoms with Gasteiger partial charge in [-0.1, -0.05) is 49.3 Å². The van der Waals surface area contributed by atoms with E-state index < -0.39 is 0 Å². The minimum absolute atomic E-state index is 0. The summed E-state index contributed by atoms with van der Waals surface area (Å²) in [5.41, 5.74) is 3.26. The number of guanidine groups is 1. The SMILES string of the molecule is CCc1noc(CC)c1CNC(=NC)NCC(OC)c1ccccc1.I. The number of methoxy groups -OCH3 is 1. The van der Waals surface area contributed by atoms with Crippen molar-refractivity contribution in [2.75, 3.05) is 20.7 Å². The molecule has 0 fully saturated rings. The summed E-state index contributed by atoms with van der Waals surface area (Å²) in [5.74, 6) is 1.65. The fourth-order valence-corrected chi connectivity index (χ4v) is 2.72. The monoisotopic (exact) mass is 472 g/mol. The van der Waals surface area contributed by atoms with Gasteiger partial charge in [0.25, 0.3) is 0 Å². The van der Waals surface area contributed by atoms with E-state index in [0.29, 0.717) is 13.1 Å². The van der Waals surface area contributed by atoms with Gasteiger partial charge in [0.05, 0.1) is 11.8 Å². The normalized spacial score (nSPS) is 12.4. The Kier molecular flexibility index (Phi) is 10.3. The number of hydrogen-bond acceptors (Lipinski definition) is 4. The predicted octanol–water partition coefficient (Wildman–Crippen LogP) is 3.47. The lowest BCUT2D eigenvalue weighted by atomic mass is 10.1. The highest BCUT2D eigenvalue weighted by Gasteiger charge is 2.14. The van der Waals surface area contributed by atoms with Gasteiger partial charge in [0, 0.05) is 39.2 Å². The lowest BCUT2D eigenvalue weighted by molar-refractivity contribution is 0.106. The van der Waals surface area contributed by atoms with Gasteiger partial charge in [-0.3, -0.25) is 4.99 Å². The first-order valence-corrected chi connectivity index (χ1v) is 8.71. The third-order valence-corrected chi connectivity index (χ3v) is 4.17. The summed E-state index contributed by atoms with van der Waals surface area (Å²) < 4.78 is 11.0. The van der Waals surface area contributed by atoms with Crippen LogP contribution in [0, 0.1) is 0 Å². The van der Waals surface area contributed by atoms with E-state index in [2.05, 4.69) is 46.8 Å². The molecule has 1 aromatic heterocycles. The van der Waals surface area contributed by atoms with E-state index in [-0.39, 0.29) is 30.1 Å². The summed E-state index contributed by atoms with van der Waals surface area (Å²) in [6.07, 6.45) is 1.65. The Bertz CT molecular complexity index is 652. The van der Waals surface area contributed by atoms with Crippen molar-refractivity contribution in [1.82, 2.24) is 15.8 Å². The molecule has 0 saturated carbocycles. The lowest BCUT2D eigenvalue weighted by Crippen LogP contribution is -2.39.